The molecule has 0 aliphatic carbocycles. The fraction of sp³-hybridized carbons (Fsp3) is 0.462. The topological polar surface area (TPSA) is 91.0 Å². The molecule has 1 aromatic carbocycles. The number of anilines is 1. The van der Waals surface area contributed by atoms with Crippen molar-refractivity contribution in [2.24, 2.45) is 0 Å². The van der Waals surface area contributed by atoms with Gasteiger partial charge in [-0.3, -0.25) is 0 Å². The number of rotatable bonds is 9. The van der Waals surface area contributed by atoms with Gasteiger partial charge in [0.2, 0.25) is 0 Å². The third kappa shape index (κ3) is 5.58. The van der Waals surface area contributed by atoms with Crippen molar-refractivity contribution < 1.29 is 24.1 Å². The van der Waals surface area contributed by atoms with Gasteiger partial charge in [0.05, 0.1) is 17.9 Å². The van der Waals surface area contributed by atoms with E-state index in [1.807, 2.05) is 0 Å². The maximum Gasteiger partial charge on any atom is 0.335 e. The maximum absolute atomic E-state index is 10.7. The number of carboxylic acid groups (broad SMARTS) is 1. The minimum absolute atomic E-state index is 0.140. The third-order valence-corrected chi connectivity index (χ3v) is 2.38. The second kappa shape index (κ2) is 8.34. The molecule has 0 spiro atoms. The van der Waals surface area contributed by atoms with Gasteiger partial charge in [-0.25, -0.2) is 4.79 Å². The molecule has 0 atom stereocenters. The van der Waals surface area contributed by atoms with Crippen molar-refractivity contribution in [3.8, 4) is 5.75 Å². The summed E-state index contributed by atoms with van der Waals surface area (Å²) in [6, 6.07) is 4.37. The van der Waals surface area contributed by atoms with E-state index in [0.29, 0.717) is 37.9 Å². The number of nitrogens with two attached hydrogens (primary N) is 1. The van der Waals surface area contributed by atoms with Gasteiger partial charge in [0.25, 0.3) is 0 Å². The van der Waals surface area contributed by atoms with Crippen molar-refractivity contribution in [1.29, 1.82) is 0 Å². The smallest absolute Gasteiger partial charge is 0.335 e. The second-order valence-electron chi connectivity index (χ2n) is 3.86. The number of hydrogen-bond acceptors (Lipinski definition) is 5. The van der Waals surface area contributed by atoms with Crippen LogP contribution in [-0.4, -0.2) is 44.6 Å². The van der Waals surface area contributed by atoms with Gasteiger partial charge in [-0.1, -0.05) is 0 Å². The van der Waals surface area contributed by atoms with Gasteiger partial charge >= 0.3 is 5.97 Å². The van der Waals surface area contributed by atoms with Crippen LogP contribution in [0.4, 0.5) is 5.69 Å². The number of aromatic carboxylic acids is 1. The molecule has 0 aromatic heterocycles. The molecule has 0 heterocycles. The van der Waals surface area contributed by atoms with Crippen LogP contribution in [0.5, 0.6) is 5.75 Å². The quantitative estimate of drug-likeness (QED) is 0.520. The van der Waals surface area contributed by atoms with E-state index >= 15 is 0 Å². The molecule has 0 amide bonds. The van der Waals surface area contributed by atoms with Crippen LogP contribution in [0, 0.1) is 0 Å². The largest absolute Gasteiger partial charge is 0.489 e. The summed E-state index contributed by atoms with van der Waals surface area (Å²) in [5.74, 6) is -0.551. The Bertz CT molecular complexity index is 408. The molecule has 106 valence electrons. The monoisotopic (exact) mass is 269 g/mol. The van der Waals surface area contributed by atoms with Gasteiger partial charge in [0, 0.05) is 20.3 Å². The zero-order valence-corrected chi connectivity index (χ0v) is 10.9. The fourth-order valence-electron chi connectivity index (χ4n) is 1.43. The molecular weight excluding hydrogens is 250 g/mol. The van der Waals surface area contributed by atoms with Gasteiger partial charge < -0.3 is 25.1 Å². The number of carboxylic acids is 1. The van der Waals surface area contributed by atoms with Crippen molar-refractivity contribution >= 4 is 11.7 Å². The van der Waals surface area contributed by atoms with Crippen LogP contribution < -0.4 is 10.5 Å². The Kier molecular flexibility index (Phi) is 6.70. The van der Waals surface area contributed by atoms with E-state index in [1.165, 1.54) is 12.1 Å². The van der Waals surface area contributed by atoms with Crippen molar-refractivity contribution in [2.45, 2.75) is 6.42 Å². The first-order valence-electron chi connectivity index (χ1n) is 5.97. The molecule has 0 saturated carbocycles. The molecule has 0 aliphatic heterocycles. The van der Waals surface area contributed by atoms with Crippen molar-refractivity contribution in [1.82, 2.24) is 0 Å². The highest BCUT2D eigenvalue weighted by atomic mass is 16.5. The highest BCUT2D eigenvalue weighted by Gasteiger charge is 2.06. The SMILES string of the molecule is COCCCOCCOc1ccc(C(=O)O)cc1N. The summed E-state index contributed by atoms with van der Waals surface area (Å²) in [7, 11) is 1.65. The molecule has 0 radical (unpaired) electrons. The molecule has 1 aromatic rings. The van der Waals surface area contributed by atoms with Crippen LogP contribution >= 0.6 is 0 Å². The van der Waals surface area contributed by atoms with E-state index in [9.17, 15) is 4.79 Å². The lowest BCUT2D eigenvalue weighted by molar-refractivity contribution is 0.0696. The molecular formula is C13H19NO5. The van der Waals surface area contributed by atoms with Gasteiger partial charge in [0.15, 0.2) is 0 Å². The lowest BCUT2D eigenvalue weighted by Gasteiger charge is -2.09. The number of nitrogen functional groups attached to an aromatic ring is 1. The Morgan fingerprint density at radius 2 is 2.05 bits per heavy atom. The van der Waals surface area contributed by atoms with Gasteiger partial charge in [-0.05, 0) is 24.6 Å². The second-order valence-corrected chi connectivity index (χ2v) is 3.86. The summed E-state index contributed by atoms with van der Waals surface area (Å²) in [4.78, 5) is 10.7. The van der Waals surface area contributed by atoms with E-state index in [4.69, 9.17) is 25.1 Å². The first-order valence-corrected chi connectivity index (χ1v) is 5.97. The van der Waals surface area contributed by atoms with E-state index in [2.05, 4.69) is 0 Å². The van der Waals surface area contributed by atoms with Gasteiger partial charge in [-0.2, -0.15) is 0 Å². The molecule has 1 rings (SSSR count). The van der Waals surface area contributed by atoms with Crippen molar-refractivity contribution in [2.75, 3.05) is 39.3 Å². The van der Waals surface area contributed by atoms with Gasteiger partial charge in [0.1, 0.15) is 12.4 Å². The van der Waals surface area contributed by atoms with Crippen molar-refractivity contribution in [3.63, 3.8) is 0 Å². The number of hydrogen-bond donors (Lipinski definition) is 2. The molecule has 6 heteroatoms. The minimum Gasteiger partial charge on any atom is -0.489 e. The zero-order chi connectivity index (χ0) is 14.1. The highest BCUT2D eigenvalue weighted by molar-refractivity contribution is 5.89. The van der Waals surface area contributed by atoms with Crippen LogP contribution in [0.3, 0.4) is 0 Å². The summed E-state index contributed by atoms with van der Waals surface area (Å²) in [6.07, 6.45) is 0.839. The molecule has 0 saturated heterocycles. The average molecular weight is 269 g/mol. The first kappa shape index (κ1) is 15.3. The molecule has 0 bridgehead atoms. The predicted molar refractivity (Wildman–Crippen MR) is 70.6 cm³/mol. The molecule has 3 N–H and O–H groups in total. The van der Waals surface area contributed by atoms with Gasteiger partial charge in [-0.15, -0.1) is 0 Å². The number of ether oxygens (including phenoxy) is 3. The Morgan fingerprint density at radius 3 is 2.68 bits per heavy atom. The lowest BCUT2D eigenvalue weighted by Crippen LogP contribution is -2.09. The summed E-state index contributed by atoms with van der Waals surface area (Å²) < 4.78 is 15.6. The molecule has 0 unspecified atom stereocenters. The first-order chi connectivity index (χ1) is 9.15. The summed E-state index contributed by atoms with van der Waals surface area (Å²) in [5, 5.41) is 8.79. The third-order valence-electron chi connectivity index (χ3n) is 2.38. The lowest BCUT2D eigenvalue weighted by atomic mass is 10.2. The average Bonchev–Trinajstić information content (AvgIpc) is 2.39. The number of benzene rings is 1. The van der Waals surface area contributed by atoms with E-state index in [-0.39, 0.29) is 5.56 Å². The standard InChI is InChI=1S/C13H19NO5/c1-17-5-2-6-18-7-8-19-12-4-3-10(13(15)16)9-11(12)14/h3-4,9H,2,5-8,14H2,1H3,(H,15,16). The number of carbonyl (C=O) groups is 1. The van der Waals surface area contributed by atoms with E-state index < -0.39 is 5.97 Å². The molecule has 6 nitrogen and oxygen atoms in total. The minimum atomic E-state index is -1.01. The fourth-order valence-corrected chi connectivity index (χ4v) is 1.43. The van der Waals surface area contributed by atoms with Crippen LogP contribution in [0.1, 0.15) is 16.8 Å². The summed E-state index contributed by atoms with van der Waals surface area (Å²) in [5.41, 5.74) is 6.14. The van der Waals surface area contributed by atoms with Crippen LogP contribution in [0.15, 0.2) is 18.2 Å². The van der Waals surface area contributed by atoms with Crippen LogP contribution in [-0.2, 0) is 9.47 Å². The zero-order valence-electron chi connectivity index (χ0n) is 10.9. The normalized spacial score (nSPS) is 10.4. The molecule has 19 heavy (non-hydrogen) atoms. The van der Waals surface area contributed by atoms with Crippen molar-refractivity contribution in [3.05, 3.63) is 23.8 Å². The Morgan fingerprint density at radius 1 is 1.26 bits per heavy atom. The Balaban J connectivity index is 2.28. The summed E-state index contributed by atoms with van der Waals surface area (Å²) in [6.45, 7) is 2.10. The van der Waals surface area contributed by atoms with E-state index in [0.717, 1.165) is 6.42 Å². The Hall–Kier alpha value is -1.79. The van der Waals surface area contributed by atoms with Crippen LogP contribution in [0.25, 0.3) is 0 Å². The molecule has 0 aliphatic rings. The number of methoxy groups -OCH3 is 1. The molecule has 0 fully saturated rings. The van der Waals surface area contributed by atoms with E-state index in [1.54, 1.807) is 13.2 Å². The van der Waals surface area contributed by atoms with Crippen LogP contribution in [0.2, 0.25) is 0 Å². The summed E-state index contributed by atoms with van der Waals surface area (Å²) >= 11 is 0. The maximum atomic E-state index is 10.7. The predicted octanol–water partition coefficient (Wildman–Crippen LogP) is 1.40. The highest BCUT2D eigenvalue weighted by Crippen LogP contribution is 2.22. The Labute approximate surface area is 112 Å².